The van der Waals surface area contributed by atoms with Gasteiger partial charge in [0.25, 0.3) is 0 Å². The molecule has 9 atom stereocenters. The molecule has 6 nitrogen and oxygen atoms in total. The molecule has 0 saturated carbocycles. The van der Waals surface area contributed by atoms with Crippen molar-refractivity contribution < 1.29 is 34.3 Å². The standard InChI is InChI=1S/C34H36O6/c35-34-33(39-24-29-19-11-4-12-20-29)32(38-23-28-17-9-3-10-18-28)31(37-22-27-15-7-2-8-16-27)30(40-34)25-36-21-26-13-5-1-6-14-26/h1-20,30-35H,21-25H2/t30-,31-,32+,33+,34?/m1/s1/i21D,22D,23D,24D/t21?,22?,23?,24?,30-,31-,32+,33+,34?. The molecule has 1 N–H and O–H groups in total. The Hall–Kier alpha value is -3.36. The lowest BCUT2D eigenvalue weighted by molar-refractivity contribution is -0.317. The zero-order chi connectivity index (χ0) is 30.9. The third kappa shape index (κ3) is 8.08. The van der Waals surface area contributed by atoms with E-state index in [1.54, 1.807) is 84.9 Å². The van der Waals surface area contributed by atoms with Gasteiger partial charge in [-0.15, -0.1) is 0 Å². The smallest absolute Gasteiger partial charge is 0.184 e. The molecule has 5 unspecified atom stereocenters. The normalized spacial score (nSPS) is 27.3. The van der Waals surface area contributed by atoms with E-state index in [0.29, 0.717) is 22.3 Å². The van der Waals surface area contributed by atoms with Crippen LogP contribution in [-0.2, 0) is 50.0 Å². The molecule has 0 aliphatic carbocycles. The zero-order valence-electron chi connectivity index (χ0n) is 25.9. The van der Waals surface area contributed by atoms with Crippen molar-refractivity contribution in [3.63, 3.8) is 0 Å². The van der Waals surface area contributed by atoms with Crippen LogP contribution >= 0.6 is 0 Å². The van der Waals surface area contributed by atoms with Gasteiger partial charge in [-0.2, -0.15) is 0 Å². The third-order valence-corrected chi connectivity index (χ3v) is 6.37. The van der Waals surface area contributed by atoms with Gasteiger partial charge in [0.15, 0.2) is 6.29 Å². The zero-order valence-corrected chi connectivity index (χ0v) is 21.9. The summed E-state index contributed by atoms with van der Waals surface area (Å²) in [6, 6.07) is 35.7. The molecule has 40 heavy (non-hydrogen) atoms. The lowest BCUT2D eigenvalue weighted by Gasteiger charge is -2.44. The van der Waals surface area contributed by atoms with Crippen molar-refractivity contribution >= 4 is 0 Å². The molecule has 0 amide bonds. The van der Waals surface area contributed by atoms with Crippen LogP contribution in [0.25, 0.3) is 0 Å². The molecule has 1 fully saturated rings. The van der Waals surface area contributed by atoms with Gasteiger partial charge in [0, 0.05) is 0 Å². The first-order chi connectivity index (χ1) is 21.4. The highest BCUT2D eigenvalue weighted by Crippen LogP contribution is 2.30. The van der Waals surface area contributed by atoms with E-state index in [0.717, 1.165) is 0 Å². The van der Waals surface area contributed by atoms with Gasteiger partial charge >= 0.3 is 0 Å². The number of hydrogen-bond donors (Lipinski definition) is 1. The van der Waals surface area contributed by atoms with Crippen molar-refractivity contribution in [2.24, 2.45) is 0 Å². The Morgan fingerprint density at radius 3 is 1.35 bits per heavy atom. The second-order valence-corrected chi connectivity index (χ2v) is 9.31. The number of aliphatic hydroxyl groups is 1. The van der Waals surface area contributed by atoms with Crippen LogP contribution in [0.1, 0.15) is 27.7 Å². The number of ether oxygens (including phenoxy) is 5. The highest BCUT2D eigenvalue weighted by atomic mass is 16.7. The Balaban J connectivity index is 1.46. The predicted octanol–water partition coefficient (Wildman–Crippen LogP) is 5.68. The quantitative estimate of drug-likeness (QED) is 0.234. The fourth-order valence-corrected chi connectivity index (χ4v) is 4.33. The van der Waals surface area contributed by atoms with Crippen molar-refractivity contribution in [3.05, 3.63) is 144 Å². The minimum absolute atomic E-state index is 0.185. The van der Waals surface area contributed by atoms with Gasteiger partial charge in [-0.05, 0) is 22.3 Å². The molecule has 4 aromatic carbocycles. The Morgan fingerprint density at radius 1 is 0.525 bits per heavy atom. The van der Waals surface area contributed by atoms with E-state index in [1.165, 1.54) is 0 Å². The van der Waals surface area contributed by atoms with Crippen molar-refractivity contribution in [1.82, 2.24) is 0 Å². The molecule has 1 saturated heterocycles. The SMILES string of the molecule is [2H]C(OC[C@H]1OC(O)[C@@H](OC([2H])c2ccccc2)[C@@H](OC([2H])c2ccccc2)[C@@H]1OC([2H])c1ccccc1)c1ccccc1. The molecule has 0 bridgehead atoms. The number of rotatable bonds is 13. The maximum Gasteiger partial charge on any atom is 0.184 e. The summed E-state index contributed by atoms with van der Waals surface area (Å²) in [5.41, 5.74) is 2.32. The lowest BCUT2D eigenvalue weighted by Crippen LogP contribution is -2.61. The summed E-state index contributed by atoms with van der Waals surface area (Å²) in [6.07, 6.45) is -6.11. The molecule has 0 radical (unpaired) electrons. The van der Waals surface area contributed by atoms with Gasteiger partial charge in [0.1, 0.15) is 24.4 Å². The first-order valence-electron chi connectivity index (χ1n) is 15.5. The van der Waals surface area contributed by atoms with E-state index >= 15 is 0 Å². The van der Waals surface area contributed by atoms with Crippen LogP contribution in [0, 0.1) is 0 Å². The molecule has 1 aliphatic heterocycles. The summed E-state index contributed by atoms with van der Waals surface area (Å²) in [7, 11) is 0. The van der Waals surface area contributed by atoms with Crippen molar-refractivity contribution in [3.8, 4) is 0 Å². The largest absolute Gasteiger partial charge is 0.374 e. The predicted molar refractivity (Wildman–Crippen MR) is 152 cm³/mol. The second-order valence-electron chi connectivity index (χ2n) is 9.31. The Labute approximate surface area is 241 Å². The van der Waals surface area contributed by atoms with E-state index in [4.69, 9.17) is 29.2 Å². The topological polar surface area (TPSA) is 66.4 Å². The molecular formula is C34H36O6. The minimum atomic E-state index is -1.59. The maximum atomic E-state index is 11.3. The van der Waals surface area contributed by atoms with E-state index in [-0.39, 0.29) is 6.61 Å². The van der Waals surface area contributed by atoms with E-state index in [1.807, 2.05) is 36.4 Å². The fraction of sp³-hybridized carbons (Fsp3) is 0.294. The highest BCUT2D eigenvalue weighted by molar-refractivity contribution is 5.16. The fourth-order valence-electron chi connectivity index (χ4n) is 4.33. The summed E-state index contributed by atoms with van der Waals surface area (Å²) >= 11 is 0. The molecule has 208 valence electrons. The van der Waals surface area contributed by atoms with Crippen LogP contribution in [0.2, 0.25) is 0 Å². The average molecular weight is 545 g/mol. The molecule has 6 heteroatoms. The van der Waals surface area contributed by atoms with Gasteiger partial charge in [0.05, 0.1) is 38.4 Å². The van der Waals surface area contributed by atoms with Crippen LogP contribution in [0.15, 0.2) is 121 Å². The molecule has 5 rings (SSSR count). The van der Waals surface area contributed by atoms with E-state index in [9.17, 15) is 5.11 Å². The summed E-state index contributed by atoms with van der Waals surface area (Å²) in [6.45, 7) is -4.83. The Morgan fingerprint density at radius 2 is 0.900 bits per heavy atom. The van der Waals surface area contributed by atoms with E-state index in [2.05, 4.69) is 0 Å². The van der Waals surface area contributed by atoms with Crippen LogP contribution in [-0.4, -0.2) is 42.4 Å². The van der Waals surface area contributed by atoms with Crippen LogP contribution < -0.4 is 0 Å². The minimum Gasteiger partial charge on any atom is -0.374 e. The van der Waals surface area contributed by atoms with Gasteiger partial charge in [-0.3, -0.25) is 0 Å². The molecular weight excluding hydrogens is 504 g/mol. The summed E-state index contributed by atoms with van der Waals surface area (Å²) in [5, 5.41) is 11.3. The first-order valence-corrected chi connectivity index (χ1v) is 13.2. The highest BCUT2D eigenvalue weighted by Gasteiger charge is 2.48. The number of aliphatic hydroxyl groups excluding tert-OH is 1. The molecule has 4 aromatic rings. The lowest BCUT2D eigenvalue weighted by atomic mass is 9.98. The van der Waals surface area contributed by atoms with Crippen molar-refractivity contribution in [2.45, 2.75) is 57.0 Å². The summed E-state index contributed by atoms with van der Waals surface area (Å²) in [5.74, 6) is 0. The van der Waals surface area contributed by atoms with Crippen molar-refractivity contribution in [1.29, 1.82) is 0 Å². The molecule has 0 spiro atoms. The number of hydrogen-bond acceptors (Lipinski definition) is 6. The molecule has 1 heterocycles. The molecule has 1 aliphatic rings. The Bertz CT molecular complexity index is 1390. The van der Waals surface area contributed by atoms with E-state index < -0.39 is 57.0 Å². The monoisotopic (exact) mass is 544 g/mol. The average Bonchev–Trinajstić information content (AvgIpc) is 3.07. The first kappa shape index (κ1) is 23.4. The summed E-state index contributed by atoms with van der Waals surface area (Å²) in [4.78, 5) is 0. The second kappa shape index (κ2) is 14.9. The van der Waals surface area contributed by atoms with Gasteiger partial charge < -0.3 is 28.8 Å². The van der Waals surface area contributed by atoms with Crippen LogP contribution in [0.4, 0.5) is 0 Å². The summed E-state index contributed by atoms with van der Waals surface area (Å²) < 4.78 is 65.3. The van der Waals surface area contributed by atoms with Crippen LogP contribution in [0.3, 0.4) is 0 Å². The van der Waals surface area contributed by atoms with Gasteiger partial charge in [-0.25, -0.2) is 0 Å². The van der Waals surface area contributed by atoms with Gasteiger partial charge in [-0.1, -0.05) is 121 Å². The van der Waals surface area contributed by atoms with Crippen molar-refractivity contribution in [2.75, 3.05) is 6.61 Å². The third-order valence-electron chi connectivity index (χ3n) is 6.37. The van der Waals surface area contributed by atoms with Crippen LogP contribution in [0.5, 0.6) is 0 Å². The molecule has 0 aromatic heterocycles. The maximum absolute atomic E-state index is 11.3. The van der Waals surface area contributed by atoms with Gasteiger partial charge in [0.2, 0.25) is 0 Å². The number of benzene rings is 4. The Kier molecular flexibility index (Phi) is 8.68.